The SMILES string of the molecule is COCOc1cc(C(F)(F)F)ccc1-c1ccccc1S(=O)(=O)NCC(C)(C)O. The third-order valence-corrected chi connectivity index (χ3v) is 5.26. The van der Waals surface area contributed by atoms with Crippen molar-refractivity contribution >= 4 is 10.0 Å². The highest BCUT2D eigenvalue weighted by Crippen LogP contribution is 2.39. The standard InChI is InChI=1S/C19H22F3NO5S/c1-18(2,24)11-23-29(25,26)17-7-5-4-6-15(17)14-9-8-13(19(20,21)22)10-16(14)28-12-27-3/h4-10,23-24H,11-12H2,1-3H3. The van der Waals surface area contributed by atoms with Gasteiger partial charge < -0.3 is 14.6 Å². The molecule has 0 radical (unpaired) electrons. The molecule has 29 heavy (non-hydrogen) atoms. The molecule has 10 heteroatoms. The summed E-state index contributed by atoms with van der Waals surface area (Å²) in [5, 5.41) is 9.79. The fourth-order valence-electron chi connectivity index (χ4n) is 2.44. The average molecular weight is 433 g/mol. The average Bonchev–Trinajstić information content (AvgIpc) is 2.63. The lowest BCUT2D eigenvalue weighted by molar-refractivity contribution is -0.137. The van der Waals surface area contributed by atoms with Crippen LogP contribution in [-0.4, -0.2) is 39.6 Å². The van der Waals surface area contributed by atoms with Gasteiger partial charge in [0.15, 0.2) is 6.79 Å². The summed E-state index contributed by atoms with van der Waals surface area (Å²) in [6, 6.07) is 8.62. The number of benzene rings is 2. The molecule has 0 heterocycles. The van der Waals surface area contributed by atoms with Gasteiger partial charge in [-0.15, -0.1) is 0 Å². The van der Waals surface area contributed by atoms with Crippen molar-refractivity contribution in [2.75, 3.05) is 20.4 Å². The molecule has 6 nitrogen and oxygen atoms in total. The summed E-state index contributed by atoms with van der Waals surface area (Å²) in [4.78, 5) is -0.161. The summed E-state index contributed by atoms with van der Waals surface area (Å²) < 4.78 is 77.1. The lowest BCUT2D eigenvalue weighted by Crippen LogP contribution is -2.38. The molecule has 0 aliphatic heterocycles. The van der Waals surface area contributed by atoms with Crippen LogP contribution in [0.15, 0.2) is 47.4 Å². The maximum atomic E-state index is 13.1. The predicted molar refractivity (Wildman–Crippen MR) is 101 cm³/mol. The molecule has 0 spiro atoms. The van der Waals surface area contributed by atoms with Crippen LogP contribution in [0.25, 0.3) is 11.1 Å². The van der Waals surface area contributed by atoms with Crippen molar-refractivity contribution in [3.63, 3.8) is 0 Å². The molecule has 160 valence electrons. The molecule has 2 aromatic rings. The lowest BCUT2D eigenvalue weighted by atomic mass is 10.0. The molecule has 0 amide bonds. The van der Waals surface area contributed by atoms with Gasteiger partial charge in [-0.1, -0.05) is 24.3 Å². The molecule has 0 aromatic heterocycles. The molecule has 0 aliphatic rings. The number of ether oxygens (including phenoxy) is 2. The molecule has 0 aliphatic carbocycles. The summed E-state index contributed by atoms with van der Waals surface area (Å²) in [5.74, 6) is -0.174. The van der Waals surface area contributed by atoms with E-state index in [9.17, 15) is 26.7 Å². The monoisotopic (exact) mass is 433 g/mol. The minimum absolute atomic E-state index is 0.149. The van der Waals surface area contributed by atoms with E-state index in [0.717, 1.165) is 18.2 Å². The lowest BCUT2D eigenvalue weighted by Gasteiger charge is -2.20. The second-order valence-electron chi connectivity index (χ2n) is 6.89. The zero-order chi connectivity index (χ0) is 21.9. The number of nitrogens with one attached hydrogen (secondary N) is 1. The van der Waals surface area contributed by atoms with E-state index in [1.807, 2.05) is 0 Å². The Morgan fingerprint density at radius 3 is 2.31 bits per heavy atom. The zero-order valence-corrected chi connectivity index (χ0v) is 16.9. The second kappa shape index (κ2) is 8.70. The van der Waals surface area contributed by atoms with Crippen LogP contribution in [-0.2, 0) is 20.9 Å². The predicted octanol–water partition coefficient (Wildman–Crippen LogP) is 3.40. The highest BCUT2D eigenvalue weighted by atomic mass is 32.2. The molecule has 0 saturated carbocycles. The van der Waals surface area contributed by atoms with Gasteiger partial charge in [0.1, 0.15) is 5.75 Å². The third kappa shape index (κ3) is 6.17. The Morgan fingerprint density at radius 2 is 1.72 bits per heavy atom. The van der Waals surface area contributed by atoms with Gasteiger partial charge >= 0.3 is 6.18 Å². The zero-order valence-electron chi connectivity index (χ0n) is 16.1. The van der Waals surface area contributed by atoms with E-state index in [2.05, 4.69) is 4.72 Å². The van der Waals surface area contributed by atoms with Crippen LogP contribution in [0.1, 0.15) is 19.4 Å². The van der Waals surface area contributed by atoms with E-state index >= 15 is 0 Å². The first-order chi connectivity index (χ1) is 13.3. The number of alkyl halides is 3. The van der Waals surface area contributed by atoms with Crippen LogP contribution in [0.2, 0.25) is 0 Å². The van der Waals surface area contributed by atoms with Gasteiger partial charge in [0, 0.05) is 24.8 Å². The highest BCUT2D eigenvalue weighted by Gasteiger charge is 2.32. The molecule has 0 bridgehead atoms. The van der Waals surface area contributed by atoms with E-state index in [0.29, 0.717) is 0 Å². The van der Waals surface area contributed by atoms with Crippen LogP contribution < -0.4 is 9.46 Å². The van der Waals surface area contributed by atoms with Crippen molar-refractivity contribution in [3.8, 4) is 16.9 Å². The summed E-state index contributed by atoms with van der Waals surface area (Å²) in [6.45, 7) is 2.31. The molecule has 2 N–H and O–H groups in total. The Balaban J connectivity index is 2.58. The first-order valence-electron chi connectivity index (χ1n) is 8.49. The maximum absolute atomic E-state index is 13.1. The number of aliphatic hydroxyl groups is 1. The second-order valence-corrected chi connectivity index (χ2v) is 8.63. The first-order valence-corrected chi connectivity index (χ1v) is 9.98. The topological polar surface area (TPSA) is 84.9 Å². The van der Waals surface area contributed by atoms with Crippen molar-refractivity contribution in [2.45, 2.75) is 30.5 Å². The van der Waals surface area contributed by atoms with Crippen molar-refractivity contribution in [2.24, 2.45) is 0 Å². The molecular formula is C19H22F3NO5S. The van der Waals surface area contributed by atoms with Crippen molar-refractivity contribution < 1.29 is 36.2 Å². The fourth-order valence-corrected chi connectivity index (χ4v) is 3.86. The molecule has 2 rings (SSSR count). The number of sulfonamides is 1. The van der Waals surface area contributed by atoms with Crippen LogP contribution in [0.3, 0.4) is 0 Å². The minimum atomic E-state index is -4.59. The quantitative estimate of drug-likeness (QED) is 0.624. The molecule has 0 unspecified atom stereocenters. The number of rotatable bonds is 8. The molecular weight excluding hydrogens is 411 g/mol. The minimum Gasteiger partial charge on any atom is -0.467 e. The number of halogens is 3. The Bertz CT molecular complexity index is 953. The highest BCUT2D eigenvalue weighted by molar-refractivity contribution is 7.89. The van der Waals surface area contributed by atoms with Gasteiger partial charge in [-0.2, -0.15) is 13.2 Å². The molecule has 2 aromatic carbocycles. The smallest absolute Gasteiger partial charge is 0.416 e. The number of hydrogen-bond acceptors (Lipinski definition) is 5. The van der Waals surface area contributed by atoms with Gasteiger partial charge in [-0.3, -0.25) is 0 Å². The van der Waals surface area contributed by atoms with E-state index in [1.54, 1.807) is 6.07 Å². The maximum Gasteiger partial charge on any atom is 0.416 e. The van der Waals surface area contributed by atoms with E-state index < -0.39 is 27.4 Å². The Labute approximate surface area is 167 Å². The van der Waals surface area contributed by atoms with Gasteiger partial charge in [0.05, 0.1) is 16.1 Å². The van der Waals surface area contributed by atoms with Crippen LogP contribution in [0.5, 0.6) is 5.75 Å². The first kappa shape index (κ1) is 23.1. The van der Waals surface area contributed by atoms with Crippen molar-refractivity contribution in [1.82, 2.24) is 4.72 Å². The fraction of sp³-hybridized carbons (Fsp3) is 0.368. The van der Waals surface area contributed by atoms with E-state index in [4.69, 9.17) is 9.47 Å². The largest absolute Gasteiger partial charge is 0.467 e. The number of methoxy groups -OCH3 is 1. The van der Waals surface area contributed by atoms with E-state index in [-0.39, 0.29) is 35.1 Å². The normalized spacial score (nSPS) is 12.8. The van der Waals surface area contributed by atoms with Crippen LogP contribution in [0, 0.1) is 0 Å². The van der Waals surface area contributed by atoms with Crippen molar-refractivity contribution in [3.05, 3.63) is 48.0 Å². The van der Waals surface area contributed by atoms with Gasteiger partial charge in [0.2, 0.25) is 10.0 Å². The third-order valence-electron chi connectivity index (χ3n) is 3.80. The van der Waals surface area contributed by atoms with Gasteiger partial charge in [-0.25, -0.2) is 13.1 Å². The van der Waals surface area contributed by atoms with E-state index in [1.165, 1.54) is 39.2 Å². The molecule has 0 fully saturated rings. The Kier molecular flexibility index (Phi) is 6.94. The van der Waals surface area contributed by atoms with Crippen LogP contribution in [0.4, 0.5) is 13.2 Å². The summed E-state index contributed by atoms with van der Waals surface area (Å²) in [6.07, 6.45) is -4.59. The summed E-state index contributed by atoms with van der Waals surface area (Å²) in [5.41, 5.74) is -1.92. The van der Waals surface area contributed by atoms with Crippen molar-refractivity contribution in [1.29, 1.82) is 0 Å². The van der Waals surface area contributed by atoms with Crippen LogP contribution >= 0.6 is 0 Å². The van der Waals surface area contributed by atoms with Gasteiger partial charge in [0.25, 0.3) is 0 Å². The molecule has 0 atom stereocenters. The number of hydrogen-bond donors (Lipinski definition) is 2. The Morgan fingerprint density at radius 1 is 1.07 bits per heavy atom. The Hall–Kier alpha value is -2.14. The summed E-state index contributed by atoms with van der Waals surface area (Å²) >= 11 is 0. The van der Waals surface area contributed by atoms with Gasteiger partial charge in [-0.05, 0) is 32.0 Å². The molecule has 0 saturated heterocycles. The summed E-state index contributed by atoms with van der Waals surface area (Å²) in [7, 11) is -2.76.